The van der Waals surface area contributed by atoms with E-state index in [0.29, 0.717) is 26.2 Å². The molecule has 0 spiro atoms. The van der Waals surface area contributed by atoms with Gasteiger partial charge in [0.25, 0.3) is 5.91 Å². The highest BCUT2D eigenvalue weighted by Gasteiger charge is 2.28. The van der Waals surface area contributed by atoms with Crippen molar-refractivity contribution in [3.63, 3.8) is 0 Å². The molecular formula is C20H27FN2O3. The Kier molecular flexibility index (Phi) is 6.47. The van der Waals surface area contributed by atoms with Gasteiger partial charge in [0.2, 0.25) is 5.91 Å². The highest BCUT2D eigenvalue weighted by molar-refractivity contribution is 5.80. The Hall–Kier alpha value is -2.11. The number of hydrogen-bond acceptors (Lipinski definition) is 3. The van der Waals surface area contributed by atoms with Crippen molar-refractivity contribution in [2.45, 2.75) is 38.5 Å². The molecule has 1 aromatic rings. The second-order valence-electron chi connectivity index (χ2n) is 7.11. The van der Waals surface area contributed by atoms with Gasteiger partial charge < -0.3 is 14.5 Å². The molecule has 0 atom stereocenters. The molecule has 0 aromatic heterocycles. The van der Waals surface area contributed by atoms with E-state index >= 15 is 0 Å². The molecule has 0 unspecified atom stereocenters. The summed E-state index contributed by atoms with van der Waals surface area (Å²) < 4.78 is 18.9. The van der Waals surface area contributed by atoms with Crippen LogP contribution in [0, 0.1) is 11.7 Å². The molecule has 26 heavy (non-hydrogen) atoms. The minimum absolute atomic E-state index is 0.0878. The molecule has 3 rings (SSSR count). The summed E-state index contributed by atoms with van der Waals surface area (Å²) >= 11 is 0. The van der Waals surface area contributed by atoms with Gasteiger partial charge in [-0.15, -0.1) is 0 Å². The molecule has 2 aliphatic rings. The summed E-state index contributed by atoms with van der Waals surface area (Å²) in [6, 6.07) is 6.07. The van der Waals surface area contributed by atoms with Gasteiger partial charge in [0.1, 0.15) is 0 Å². The third-order valence-electron chi connectivity index (χ3n) is 5.30. The quantitative estimate of drug-likeness (QED) is 0.828. The number of hydrogen-bond donors (Lipinski definition) is 0. The van der Waals surface area contributed by atoms with Crippen molar-refractivity contribution in [2.75, 3.05) is 32.8 Å². The largest absolute Gasteiger partial charge is 0.481 e. The first-order chi connectivity index (χ1) is 12.6. The lowest BCUT2D eigenvalue weighted by Gasteiger charge is -2.28. The van der Waals surface area contributed by atoms with E-state index in [2.05, 4.69) is 0 Å². The first-order valence-electron chi connectivity index (χ1n) is 9.59. The zero-order chi connectivity index (χ0) is 18.4. The molecule has 0 radical (unpaired) electrons. The molecule has 142 valence electrons. The minimum Gasteiger partial charge on any atom is -0.481 e. The Morgan fingerprint density at radius 2 is 1.65 bits per heavy atom. The average molecular weight is 362 g/mol. The van der Waals surface area contributed by atoms with Crippen molar-refractivity contribution in [3.8, 4) is 5.75 Å². The van der Waals surface area contributed by atoms with Crippen LogP contribution in [0.15, 0.2) is 24.3 Å². The number of benzene rings is 1. The summed E-state index contributed by atoms with van der Waals surface area (Å²) in [4.78, 5) is 28.7. The monoisotopic (exact) mass is 362 g/mol. The second-order valence-corrected chi connectivity index (χ2v) is 7.11. The zero-order valence-electron chi connectivity index (χ0n) is 15.2. The maximum absolute atomic E-state index is 13.6. The van der Waals surface area contributed by atoms with Crippen LogP contribution in [-0.4, -0.2) is 54.4 Å². The van der Waals surface area contributed by atoms with Crippen molar-refractivity contribution in [1.82, 2.24) is 9.80 Å². The van der Waals surface area contributed by atoms with Crippen LogP contribution in [-0.2, 0) is 9.59 Å². The number of para-hydroxylation sites is 1. The number of nitrogens with zero attached hydrogens (tertiary/aromatic N) is 2. The van der Waals surface area contributed by atoms with Crippen molar-refractivity contribution >= 4 is 11.8 Å². The number of carbonyl (C=O) groups is 2. The van der Waals surface area contributed by atoms with Crippen LogP contribution >= 0.6 is 0 Å². The Morgan fingerprint density at radius 3 is 2.42 bits per heavy atom. The van der Waals surface area contributed by atoms with E-state index in [-0.39, 0.29) is 30.1 Å². The van der Waals surface area contributed by atoms with Gasteiger partial charge in [0, 0.05) is 32.1 Å². The summed E-state index contributed by atoms with van der Waals surface area (Å²) in [5.41, 5.74) is 0. The highest BCUT2D eigenvalue weighted by atomic mass is 19.1. The van der Waals surface area contributed by atoms with Crippen molar-refractivity contribution < 1.29 is 18.7 Å². The minimum atomic E-state index is -0.472. The van der Waals surface area contributed by atoms with Gasteiger partial charge in [-0.1, -0.05) is 31.4 Å². The summed E-state index contributed by atoms with van der Waals surface area (Å²) in [6.07, 6.45) is 6.27. The third-order valence-corrected chi connectivity index (χ3v) is 5.30. The molecule has 6 heteroatoms. The smallest absolute Gasteiger partial charge is 0.260 e. The predicted molar refractivity (Wildman–Crippen MR) is 96.2 cm³/mol. The Labute approximate surface area is 154 Å². The van der Waals surface area contributed by atoms with Crippen molar-refractivity contribution in [3.05, 3.63) is 30.1 Å². The summed E-state index contributed by atoms with van der Waals surface area (Å²) in [6.45, 7) is 2.21. The van der Waals surface area contributed by atoms with E-state index in [1.807, 2.05) is 4.90 Å². The normalized spacial score (nSPS) is 19.1. The third kappa shape index (κ3) is 4.74. The van der Waals surface area contributed by atoms with Gasteiger partial charge in [-0.25, -0.2) is 4.39 Å². The van der Waals surface area contributed by atoms with Crippen LogP contribution in [0.3, 0.4) is 0 Å². The zero-order valence-corrected chi connectivity index (χ0v) is 15.2. The van der Waals surface area contributed by atoms with E-state index in [9.17, 15) is 14.0 Å². The van der Waals surface area contributed by atoms with Gasteiger partial charge in [-0.2, -0.15) is 0 Å². The molecule has 1 aromatic carbocycles. The molecular weight excluding hydrogens is 335 g/mol. The molecule has 1 aliphatic heterocycles. The lowest BCUT2D eigenvalue weighted by molar-refractivity contribution is -0.137. The fraction of sp³-hybridized carbons (Fsp3) is 0.600. The molecule has 2 amide bonds. The molecule has 5 nitrogen and oxygen atoms in total. The maximum Gasteiger partial charge on any atom is 0.260 e. The van der Waals surface area contributed by atoms with Crippen molar-refractivity contribution in [1.29, 1.82) is 0 Å². The van der Waals surface area contributed by atoms with Gasteiger partial charge in [-0.05, 0) is 31.4 Å². The van der Waals surface area contributed by atoms with Crippen LogP contribution < -0.4 is 4.74 Å². The number of rotatable bonds is 4. The SMILES string of the molecule is O=C(COc1ccccc1F)N1CCCN(C(=O)C2CCCCC2)CC1. The summed E-state index contributed by atoms with van der Waals surface area (Å²) in [7, 11) is 0. The maximum atomic E-state index is 13.6. The fourth-order valence-corrected chi connectivity index (χ4v) is 3.79. The van der Waals surface area contributed by atoms with Crippen molar-refractivity contribution in [2.24, 2.45) is 5.92 Å². The van der Waals surface area contributed by atoms with Crippen LogP contribution in [0.1, 0.15) is 38.5 Å². The first-order valence-corrected chi connectivity index (χ1v) is 9.59. The van der Waals surface area contributed by atoms with E-state index in [1.165, 1.54) is 18.6 Å². The van der Waals surface area contributed by atoms with Gasteiger partial charge >= 0.3 is 0 Å². The van der Waals surface area contributed by atoms with Crippen LogP contribution in [0.5, 0.6) is 5.75 Å². The van der Waals surface area contributed by atoms with E-state index in [4.69, 9.17) is 4.74 Å². The van der Waals surface area contributed by atoms with Crippen LogP contribution in [0.2, 0.25) is 0 Å². The molecule has 1 saturated carbocycles. The standard InChI is InChI=1S/C20H27FN2O3/c21-17-9-4-5-10-18(17)26-15-19(24)22-11-6-12-23(14-13-22)20(25)16-7-2-1-3-8-16/h4-5,9-10,16H,1-3,6-8,11-15H2. The van der Waals surface area contributed by atoms with Gasteiger partial charge in [0.05, 0.1) is 0 Å². The first kappa shape index (κ1) is 18.7. The van der Waals surface area contributed by atoms with E-state index in [0.717, 1.165) is 32.1 Å². The molecule has 0 bridgehead atoms. The van der Waals surface area contributed by atoms with Gasteiger partial charge in [0.15, 0.2) is 18.2 Å². The van der Waals surface area contributed by atoms with Crippen LogP contribution in [0.4, 0.5) is 4.39 Å². The lowest BCUT2D eigenvalue weighted by Crippen LogP contribution is -2.41. The highest BCUT2D eigenvalue weighted by Crippen LogP contribution is 2.26. The Morgan fingerprint density at radius 1 is 0.962 bits per heavy atom. The average Bonchev–Trinajstić information content (AvgIpc) is 2.93. The molecule has 1 saturated heterocycles. The van der Waals surface area contributed by atoms with Gasteiger partial charge in [-0.3, -0.25) is 9.59 Å². The Bertz CT molecular complexity index is 631. The molecule has 1 aliphatic carbocycles. The molecule has 1 heterocycles. The fourth-order valence-electron chi connectivity index (χ4n) is 3.79. The summed E-state index contributed by atoms with van der Waals surface area (Å²) in [5.74, 6) is -0.137. The number of halogens is 1. The second kappa shape index (κ2) is 9.01. The topological polar surface area (TPSA) is 49.9 Å². The molecule has 2 fully saturated rings. The molecule has 0 N–H and O–H groups in total. The summed E-state index contributed by atoms with van der Waals surface area (Å²) in [5, 5.41) is 0. The Balaban J connectivity index is 1.49. The van der Waals surface area contributed by atoms with Crippen LogP contribution in [0.25, 0.3) is 0 Å². The number of ether oxygens (including phenoxy) is 1. The van der Waals surface area contributed by atoms with E-state index in [1.54, 1.807) is 17.0 Å². The number of carbonyl (C=O) groups excluding carboxylic acids is 2. The van der Waals surface area contributed by atoms with E-state index < -0.39 is 5.82 Å². The lowest BCUT2D eigenvalue weighted by atomic mass is 9.88. The number of amides is 2. The predicted octanol–water partition coefficient (Wildman–Crippen LogP) is 2.85.